The third-order valence-electron chi connectivity index (χ3n) is 4.56. The molecule has 0 saturated carbocycles. The van der Waals surface area contributed by atoms with Crippen molar-refractivity contribution in [3.63, 3.8) is 0 Å². The molecule has 4 nitrogen and oxygen atoms in total. The van der Waals surface area contributed by atoms with Gasteiger partial charge in [0.2, 0.25) is 0 Å². The second kappa shape index (κ2) is 5.65. The topological polar surface area (TPSA) is 52.7 Å². The van der Waals surface area contributed by atoms with Gasteiger partial charge in [-0.15, -0.1) is 0 Å². The fraction of sp³-hybridized carbons (Fsp3) is 1.00. The summed E-state index contributed by atoms with van der Waals surface area (Å²) in [4.78, 5) is 5.05. The molecule has 0 radical (unpaired) electrons. The zero-order chi connectivity index (χ0) is 12.4. The van der Waals surface area contributed by atoms with Crippen LogP contribution in [-0.2, 0) is 0 Å². The maximum atomic E-state index is 9.60. The molecule has 0 aromatic rings. The SMILES string of the molecule is CCC(N)C(CO)N1CC2CCCN2CC1C. The molecular formula is C13H27N3O. The standard InChI is InChI=1S/C13H27N3O/c1-3-12(14)13(9-17)16-8-11-5-4-6-15(11)7-10(16)2/h10-13,17H,3-9,14H2,1-2H3. The predicted octanol–water partition coefficient (Wildman–Crippen LogP) is 0.253. The van der Waals surface area contributed by atoms with Gasteiger partial charge in [-0.05, 0) is 32.7 Å². The molecule has 4 heteroatoms. The summed E-state index contributed by atoms with van der Waals surface area (Å²) in [6.45, 7) is 8.03. The molecule has 0 bridgehead atoms. The van der Waals surface area contributed by atoms with Crippen LogP contribution in [0.3, 0.4) is 0 Å². The first-order valence-electron chi connectivity index (χ1n) is 7.03. The zero-order valence-electron chi connectivity index (χ0n) is 11.2. The van der Waals surface area contributed by atoms with Gasteiger partial charge in [-0.3, -0.25) is 9.80 Å². The number of hydrogen-bond acceptors (Lipinski definition) is 4. The Morgan fingerprint density at radius 2 is 2.18 bits per heavy atom. The number of rotatable bonds is 4. The summed E-state index contributed by atoms with van der Waals surface area (Å²) in [5.74, 6) is 0. The Balaban J connectivity index is 2.03. The normalized spacial score (nSPS) is 34.6. The van der Waals surface area contributed by atoms with Crippen molar-refractivity contribution in [3.05, 3.63) is 0 Å². The Kier molecular flexibility index (Phi) is 4.42. The predicted molar refractivity (Wildman–Crippen MR) is 69.9 cm³/mol. The number of aliphatic hydroxyl groups is 1. The third kappa shape index (κ3) is 2.65. The number of nitrogens with zero attached hydrogens (tertiary/aromatic N) is 2. The fourth-order valence-corrected chi connectivity index (χ4v) is 3.43. The maximum Gasteiger partial charge on any atom is 0.0602 e. The van der Waals surface area contributed by atoms with Crippen molar-refractivity contribution in [3.8, 4) is 0 Å². The number of fused-ring (bicyclic) bond motifs is 1. The monoisotopic (exact) mass is 241 g/mol. The summed E-state index contributed by atoms with van der Waals surface area (Å²) < 4.78 is 0. The average molecular weight is 241 g/mol. The Labute approximate surface area is 105 Å². The van der Waals surface area contributed by atoms with E-state index in [1.807, 2.05) is 0 Å². The van der Waals surface area contributed by atoms with Crippen molar-refractivity contribution in [2.24, 2.45) is 5.73 Å². The van der Waals surface area contributed by atoms with Crippen LogP contribution in [0.4, 0.5) is 0 Å². The van der Waals surface area contributed by atoms with Crippen molar-refractivity contribution in [2.75, 3.05) is 26.2 Å². The van der Waals surface area contributed by atoms with E-state index < -0.39 is 0 Å². The minimum Gasteiger partial charge on any atom is -0.395 e. The van der Waals surface area contributed by atoms with Gasteiger partial charge >= 0.3 is 0 Å². The van der Waals surface area contributed by atoms with Gasteiger partial charge in [0.05, 0.1) is 6.61 Å². The van der Waals surface area contributed by atoms with Crippen LogP contribution in [0.1, 0.15) is 33.1 Å². The van der Waals surface area contributed by atoms with E-state index in [0.717, 1.165) is 19.5 Å². The molecule has 2 saturated heterocycles. The lowest BCUT2D eigenvalue weighted by molar-refractivity contribution is -0.000585. The minimum atomic E-state index is 0.0930. The summed E-state index contributed by atoms with van der Waals surface area (Å²) >= 11 is 0. The number of nitrogens with two attached hydrogens (primary N) is 1. The van der Waals surface area contributed by atoms with Crippen LogP contribution in [0.5, 0.6) is 0 Å². The van der Waals surface area contributed by atoms with Crippen molar-refractivity contribution < 1.29 is 5.11 Å². The molecule has 2 fully saturated rings. The highest BCUT2D eigenvalue weighted by Gasteiger charge is 2.38. The van der Waals surface area contributed by atoms with Crippen LogP contribution in [0, 0.1) is 0 Å². The average Bonchev–Trinajstić information content (AvgIpc) is 2.76. The molecule has 2 aliphatic heterocycles. The summed E-state index contributed by atoms with van der Waals surface area (Å²) in [6.07, 6.45) is 3.57. The van der Waals surface area contributed by atoms with Crippen LogP contribution in [0.25, 0.3) is 0 Å². The molecule has 4 unspecified atom stereocenters. The van der Waals surface area contributed by atoms with Gasteiger partial charge in [-0.1, -0.05) is 6.92 Å². The van der Waals surface area contributed by atoms with E-state index in [9.17, 15) is 5.11 Å². The molecule has 4 atom stereocenters. The zero-order valence-corrected chi connectivity index (χ0v) is 11.2. The van der Waals surface area contributed by atoms with E-state index in [1.54, 1.807) is 0 Å². The molecule has 2 heterocycles. The summed E-state index contributed by atoms with van der Waals surface area (Å²) in [7, 11) is 0. The highest BCUT2D eigenvalue weighted by molar-refractivity contribution is 4.95. The first-order chi connectivity index (χ1) is 8.17. The Hall–Kier alpha value is -0.160. The van der Waals surface area contributed by atoms with Gasteiger partial charge in [-0.2, -0.15) is 0 Å². The molecule has 0 aliphatic carbocycles. The van der Waals surface area contributed by atoms with E-state index >= 15 is 0 Å². The highest BCUT2D eigenvalue weighted by Crippen LogP contribution is 2.26. The van der Waals surface area contributed by atoms with Gasteiger partial charge < -0.3 is 10.8 Å². The van der Waals surface area contributed by atoms with Gasteiger partial charge in [0.25, 0.3) is 0 Å². The van der Waals surface area contributed by atoms with Crippen molar-refractivity contribution in [2.45, 2.75) is 57.3 Å². The Morgan fingerprint density at radius 1 is 1.41 bits per heavy atom. The molecule has 3 N–H and O–H groups in total. The van der Waals surface area contributed by atoms with Crippen molar-refractivity contribution >= 4 is 0 Å². The number of aliphatic hydroxyl groups excluding tert-OH is 1. The third-order valence-corrected chi connectivity index (χ3v) is 4.56. The first kappa shape index (κ1) is 13.3. The Bertz CT molecular complexity index is 249. The number of piperazine rings is 1. The fourth-order valence-electron chi connectivity index (χ4n) is 3.43. The molecule has 2 aliphatic rings. The van der Waals surface area contributed by atoms with Gasteiger partial charge in [-0.25, -0.2) is 0 Å². The maximum absolute atomic E-state index is 9.60. The second-order valence-corrected chi connectivity index (χ2v) is 5.66. The lowest BCUT2D eigenvalue weighted by Crippen LogP contribution is -2.62. The second-order valence-electron chi connectivity index (χ2n) is 5.66. The van der Waals surface area contributed by atoms with E-state index in [4.69, 9.17) is 5.73 Å². The molecule has 0 aromatic carbocycles. The Morgan fingerprint density at radius 3 is 2.82 bits per heavy atom. The lowest BCUT2D eigenvalue weighted by Gasteiger charge is -2.47. The summed E-state index contributed by atoms with van der Waals surface area (Å²) in [5, 5.41) is 9.60. The van der Waals surface area contributed by atoms with Gasteiger partial charge in [0.15, 0.2) is 0 Å². The molecule has 0 amide bonds. The van der Waals surface area contributed by atoms with Gasteiger partial charge in [0.1, 0.15) is 0 Å². The van der Waals surface area contributed by atoms with Crippen LogP contribution in [0.2, 0.25) is 0 Å². The van der Waals surface area contributed by atoms with Gasteiger partial charge in [0, 0.05) is 37.3 Å². The van der Waals surface area contributed by atoms with Crippen molar-refractivity contribution in [1.82, 2.24) is 9.80 Å². The largest absolute Gasteiger partial charge is 0.395 e. The van der Waals surface area contributed by atoms with E-state index in [2.05, 4.69) is 23.6 Å². The summed E-state index contributed by atoms with van der Waals surface area (Å²) in [6, 6.07) is 1.44. The van der Waals surface area contributed by atoms with E-state index in [1.165, 1.54) is 19.4 Å². The highest BCUT2D eigenvalue weighted by atomic mass is 16.3. The molecule has 17 heavy (non-hydrogen) atoms. The molecule has 2 rings (SSSR count). The van der Waals surface area contributed by atoms with Crippen LogP contribution >= 0.6 is 0 Å². The lowest BCUT2D eigenvalue weighted by atomic mass is 9.99. The van der Waals surface area contributed by atoms with Crippen LogP contribution in [0.15, 0.2) is 0 Å². The molecule has 0 spiro atoms. The van der Waals surface area contributed by atoms with Crippen LogP contribution in [-0.4, -0.2) is 65.3 Å². The molecular weight excluding hydrogens is 214 g/mol. The molecule has 0 aromatic heterocycles. The molecule has 100 valence electrons. The van der Waals surface area contributed by atoms with Crippen LogP contribution < -0.4 is 5.73 Å². The van der Waals surface area contributed by atoms with E-state index in [0.29, 0.717) is 12.1 Å². The first-order valence-corrected chi connectivity index (χ1v) is 7.03. The quantitative estimate of drug-likeness (QED) is 0.741. The van der Waals surface area contributed by atoms with Crippen molar-refractivity contribution in [1.29, 1.82) is 0 Å². The van der Waals surface area contributed by atoms with E-state index in [-0.39, 0.29) is 18.7 Å². The smallest absolute Gasteiger partial charge is 0.0602 e. The minimum absolute atomic E-state index is 0.0930. The number of hydrogen-bond donors (Lipinski definition) is 2. The summed E-state index contributed by atoms with van der Waals surface area (Å²) in [5.41, 5.74) is 6.14.